The molecule has 1 saturated carbocycles. The van der Waals surface area contributed by atoms with Gasteiger partial charge in [0.2, 0.25) is 0 Å². The van der Waals surface area contributed by atoms with Crippen molar-refractivity contribution in [3.05, 3.63) is 11.8 Å². The second-order valence-electron chi connectivity index (χ2n) is 6.02. The quantitative estimate of drug-likeness (QED) is 0.673. The normalized spacial score (nSPS) is 31.1. The standard InChI is InChI=1S/C14H26N2/c1-4-5-6-7-8-11-9-12(11)13-10-14(2,3)16-15-13/h10-12,15-16H,4-9H2,1-3H3. The third-order valence-corrected chi connectivity index (χ3v) is 3.80. The topological polar surface area (TPSA) is 24.1 Å². The van der Waals surface area contributed by atoms with Crippen LogP contribution in [0.15, 0.2) is 11.8 Å². The minimum absolute atomic E-state index is 0.144. The van der Waals surface area contributed by atoms with Crippen LogP contribution in [0.1, 0.15) is 59.3 Å². The summed E-state index contributed by atoms with van der Waals surface area (Å²) in [6, 6.07) is 0. The van der Waals surface area contributed by atoms with Gasteiger partial charge in [-0.25, -0.2) is 5.43 Å². The fourth-order valence-corrected chi connectivity index (χ4v) is 2.67. The number of hydrogen-bond acceptors (Lipinski definition) is 2. The first-order chi connectivity index (χ1) is 7.62. The summed E-state index contributed by atoms with van der Waals surface area (Å²) in [5, 5.41) is 0. The molecule has 1 aliphatic carbocycles. The van der Waals surface area contributed by atoms with Crippen LogP contribution in [0.5, 0.6) is 0 Å². The molecule has 1 heterocycles. The summed E-state index contributed by atoms with van der Waals surface area (Å²) in [4.78, 5) is 0. The van der Waals surface area contributed by atoms with E-state index in [9.17, 15) is 0 Å². The molecule has 2 heteroatoms. The Hall–Kier alpha value is -0.500. The van der Waals surface area contributed by atoms with Gasteiger partial charge in [-0.05, 0) is 38.7 Å². The Morgan fingerprint density at radius 1 is 1.31 bits per heavy atom. The number of unbranched alkanes of at least 4 members (excludes halogenated alkanes) is 3. The first-order valence-corrected chi connectivity index (χ1v) is 6.88. The Labute approximate surface area is 99.9 Å². The van der Waals surface area contributed by atoms with Crippen LogP contribution in [0, 0.1) is 11.8 Å². The fourth-order valence-electron chi connectivity index (χ4n) is 2.67. The largest absolute Gasteiger partial charge is 0.325 e. The maximum absolute atomic E-state index is 3.35. The van der Waals surface area contributed by atoms with E-state index in [4.69, 9.17) is 0 Å². The van der Waals surface area contributed by atoms with Crippen LogP contribution in [-0.4, -0.2) is 5.54 Å². The highest BCUT2D eigenvalue weighted by Crippen LogP contribution is 2.47. The smallest absolute Gasteiger partial charge is 0.0514 e. The Kier molecular flexibility index (Phi) is 3.58. The summed E-state index contributed by atoms with van der Waals surface area (Å²) < 4.78 is 0. The molecule has 2 aliphatic rings. The maximum Gasteiger partial charge on any atom is 0.0514 e. The van der Waals surface area contributed by atoms with Gasteiger partial charge in [0.05, 0.1) is 5.54 Å². The molecule has 0 amide bonds. The molecule has 1 fully saturated rings. The van der Waals surface area contributed by atoms with Crippen molar-refractivity contribution in [2.45, 2.75) is 64.8 Å². The van der Waals surface area contributed by atoms with Crippen LogP contribution in [-0.2, 0) is 0 Å². The Morgan fingerprint density at radius 3 is 2.75 bits per heavy atom. The summed E-state index contributed by atoms with van der Waals surface area (Å²) in [6.07, 6.45) is 10.8. The average Bonchev–Trinajstić information content (AvgIpc) is 2.91. The molecule has 16 heavy (non-hydrogen) atoms. The molecule has 0 aromatic heterocycles. The van der Waals surface area contributed by atoms with E-state index in [1.165, 1.54) is 44.2 Å². The third-order valence-electron chi connectivity index (χ3n) is 3.80. The molecule has 0 aromatic carbocycles. The Bertz CT molecular complexity index is 268. The van der Waals surface area contributed by atoms with E-state index in [-0.39, 0.29) is 5.54 Å². The Balaban J connectivity index is 1.67. The van der Waals surface area contributed by atoms with Gasteiger partial charge in [-0.15, -0.1) is 0 Å². The molecule has 2 N–H and O–H groups in total. The molecule has 1 aliphatic heterocycles. The van der Waals surface area contributed by atoms with Gasteiger partial charge >= 0.3 is 0 Å². The van der Waals surface area contributed by atoms with Gasteiger partial charge in [0, 0.05) is 11.6 Å². The molecule has 0 radical (unpaired) electrons. The summed E-state index contributed by atoms with van der Waals surface area (Å²) in [5.41, 5.74) is 8.27. The second-order valence-corrected chi connectivity index (χ2v) is 6.02. The number of rotatable bonds is 6. The van der Waals surface area contributed by atoms with Gasteiger partial charge in [-0.1, -0.05) is 32.6 Å². The highest BCUT2D eigenvalue weighted by molar-refractivity contribution is 5.22. The monoisotopic (exact) mass is 222 g/mol. The second kappa shape index (κ2) is 4.79. The van der Waals surface area contributed by atoms with Crippen molar-refractivity contribution in [1.29, 1.82) is 0 Å². The zero-order valence-corrected chi connectivity index (χ0v) is 11.0. The molecule has 0 bridgehead atoms. The van der Waals surface area contributed by atoms with Gasteiger partial charge in [-0.2, -0.15) is 0 Å². The SMILES string of the molecule is CCCCCCC1CC1C1=CC(C)(C)NN1. The number of hydrogen-bond donors (Lipinski definition) is 2. The summed E-state index contributed by atoms with van der Waals surface area (Å²) in [6.45, 7) is 6.71. The predicted octanol–water partition coefficient (Wildman–Crippen LogP) is 3.36. The lowest BCUT2D eigenvalue weighted by atomic mass is 10.0. The van der Waals surface area contributed by atoms with Crippen LogP contribution in [0.3, 0.4) is 0 Å². The highest BCUT2D eigenvalue weighted by atomic mass is 15.4. The van der Waals surface area contributed by atoms with E-state index in [2.05, 4.69) is 37.7 Å². The molecular formula is C14H26N2. The van der Waals surface area contributed by atoms with Crippen LogP contribution in [0.2, 0.25) is 0 Å². The van der Waals surface area contributed by atoms with Gasteiger partial charge in [0.25, 0.3) is 0 Å². The molecule has 2 rings (SSSR count). The summed E-state index contributed by atoms with van der Waals surface area (Å²) >= 11 is 0. The van der Waals surface area contributed by atoms with Crippen molar-refractivity contribution >= 4 is 0 Å². The number of allylic oxidation sites excluding steroid dienone is 1. The van der Waals surface area contributed by atoms with Gasteiger partial charge < -0.3 is 5.43 Å². The van der Waals surface area contributed by atoms with Crippen LogP contribution in [0.4, 0.5) is 0 Å². The molecule has 2 nitrogen and oxygen atoms in total. The van der Waals surface area contributed by atoms with Crippen molar-refractivity contribution < 1.29 is 0 Å². The lowest BCUT2D eigenvalue weighted by molar-refractivity contribution is 0.463. The van der Waals surface area contributed by atoms with Crippen LogP contribution in [0.25, 0.3) is 0 Å². The van der Waals surface area contributed by atoms with E-state index in [0.29, 0.717) is 0 Å². The van der Waals surface area contributed by atoms with Crippen LogP contribution >= 0.6 is 0 Å². The van der Waals surface area contributed by atoms with Crippen LogP contribution < -0.4 is 10.9 Å². The van der Waals surface area contributed by atoms with Gasteiger partial charge in [0.1, 0.15) is 0 Å². The molecule has 0 aromatic rings. The van der Waals surface area contributed by atoms with E-state index in [1.54, 1.807) is 0 Å². The van der Waals surface area contributed by atoms with Crippen molar-refractivity contribution in [1.82, 2.24) is 10.9 Å². The van der Waals surface area contributed by atoms with E-state index in [1.807, 2.05) is 0 Å². The van der Waals surface area contributed by atoms with Crippen molar-refractivity contribution in [3.8, 4) is 0 Å². The van der Waals surface area contributed by atoms with E-state index in [0.717, 1.165) is 11.8 Å². The highest BCUT2D eigenvalue weighted by Gasteiger charge is 2.41. The fraction of sp³-hybridized carbons (Fsp3) is 0.857. The first-order valence-electron chi connectivity index (χ1n) is 6.88. The average molecular weight is 222 g/mol. The van der Waals surface area contributed by atoms with Crippen molar-refractivity contribution in [2.75, 3.05) is 0 Å². The maximum atomic E-state index is 3.35. The van der Waals surface area contributed by atoms with E-state index >= 15 is 0 Å². The number of hydrazine groups is 1. The minimum Gasteiger partial charge on any atom is -0.325 e. The zero-order valence-electron chi connectivity index (χ0n) is 11.0. The van der Waals surface area contributed by atoms with E-state index < -0.39 is 0 Å². The summed E-state index contributed by atoms with van der Waals surface area (Å²) in [5.74, 6) is 1.79. The Morgan fingerprint density at radius 2 is 2.12 bits per heavy atom. The lowest BCUT2D eigenvalue weighted by Gasteiger charge is -2.13. The zero-order chi connectivity index (χ0) is 11.6. The third kappa shape index (κ3) is 3.00. The molecule has 0 spiro atoms. The molecule has 92 valence electrons. The van der Waals surface area contributed by atoms with Gasteiger partial charge in [-0.3, -0.25) is 0 Å². The lowest BCUT2D eigenvalue weighted by Crippen LogP contribution is -2.39. The predicted molar refractivity (Wildman–Crippen MR) is 68.8 cm³/mol. The first kappa shape index (κ1) is 12.0. The molecule has 0 saturated heterocycles. The van der Waals surface area contributed by atoms with Crippen molar-refractivity contribution in [2.24, 2.45) is 11.8 Å². The summed E-state index contributed by atoms with van der Waals surface area (Å²) in [7, 11) is 0. The molecular weight excluding hydrogens is 196 g/mol. The number of nitrogens with one attached hydrogen (secondary N) is 2. The minimum atomic E-state index is 0.144. The molecule has 2 unspecified atom stereocenters. The molecule has 2 atom stereocenters. The van der Waals surface area contributed by atoms with Gasteiger partial charge in [0.15, 0.2) is 0 Å². The van der Waals surface area contributed by atoms with Crippen molar-refractivity contribution in [3.63, 3.8) is 0 Å².